The third kappa shape index (κ3) is 1.17. The van der Waals surface area contributed by atoms with Crippen molar-refractivity contribution in [3.05, 3.63) is 0 Å². The highest BCUT2D eigenvalue weighted by Crippen LogP contribution is 2.50. The first-order valence-corrected chi connectivity index (χ1v) is 4.47. The van der Waals surface area contributed by atoms with Crippen LogP contribution >= 0.6 is 11.6 Å². The molecule has 0 aliphatic heterocycles. The summed E-state index contributed by atoms with van der Waals surface area (Å²) in [5.74, 6) is 1.35. The second-order valence-corrected chi connectivity index (χ2v) is 3.66. The van der Waals surface area contributed by atoms with E-state index in [1.807, 2.05) is 6.92 Å². The average Bonchev–Trinajstić information content (AvgIpc) is 2.61. The summed E-state index contributed by atoms with van der Waals surface area (Å²) in [6.07, 6.45) is 2.04. The molecule has 0 aromatic heterocycles. The molecule has 1 N–H and O–H groups in total. The molecule has 0 heterocycles. The fraction of sp³-hybridized carbons (Fsp3) is 1.00. The van der Waals surface area contributed by atoms with Gasteiger partial charge in [0.1, 0.15) is 0 Å². The van der Waals surface area contributed by atoms with E-state index in [4.69, 9.17) is 11.6 Å². The van der Waals surface area contributed by atoms with Crippen LogP contribution in [0.1, 0.15) is 26.7 Å². The predicted octanol–water partition coefficient (Wildman–Crippen LogP) is 2.02. The molecule has 0 saturated heterocycles. The first kappa shape index (κ1) is 8.35. The predicted molar refractivity (Wildman–Crippen MR) is 43.2 cm³/mol. The van der Waals surface area contributed by atoms with Gasteiger partial charge in [-0.3, -0.25) is 0 Å². The molecule has 1 fully saturated rings. The van der Waals surface area contributed by atoms with Crippen molar-refractivity contribution in [3.8, 4) is 0 Å². The molecular weight excluding hydrogens is 148 g/mol. The van der Waals surface area contributed by atoms with Crippen LogP contribution in [0.2, 0.25) is 0 Å². The van der Waals surface area contributed by atoms with Gasteiger partial charge in [-0.05, 0) is 18.3 Å². The van der Waals surface area contributed by atoms with Crippen LogP contribution in [-0.2, 0) is 0 Å². The van der Waals surface area contributed by atoms with E-state index in [2.05, 4.69) is 6.92 Å². The largest absolute Gasteiger partial charge is 0.389 e. The lowest BCUT2D eigenvalue weighted by molar-refractivity contribution is 0.0825. The lowest BCUT2D eigenvalue weighted by Gasteiger charge is -2.15. The highest BCUT2D eigenvalue weighted by atomic mass is 35.5. The maximum atomic E-state index is 9.77. The monoisotopic (exact) mass is 162 g/mol. The van der Waals surface area contributed by atoms with Crippen molar-refractivity contribution in [2.24, 2.45) is 11.8 Å². The number of aliphatic hydroxyl groups is 1. The molecule has 0 bridgehead atoms. The van der Waals surface area contributed by atoms with E-state index in [0.717, 1.165) is 12.8 Å². The van der Waals surface area contributed by atoms with Gasteiger partial charge in [-0.2, -0.15) is 0 Å². The molecule has 60 valence electrons. The standard InChI is InChI=1S/C8H15ClO/c1-3-7-4-8(7,10)6(2)5-9/h6-7,10H,3-5H2,1-2H3. The summed E-state index contributed by atoms with van der Waals surface area (Å²) in [5.41, 5.74) is -0.406. The topological polar surface area (TPSA) is 20.2 Å². The molecule has 3 unspecified atom stereocenters. The van der Waals surface area contributed by atoms with Gasteiger partial charge in [-0.15, -0.1) is 11.6 Å². The molecule has 0 spiro atoms. The third-order valence-corrected chi connectivity index (χ3v) is 3.16. The molecule has 1 nitrogen and oxygen atoms in total. The highest BCUT2D eigenvalue weighted by molar-refractivity contribution is 6.18. The van der Waals surface area contributed by atoms with Crippen LogP contribution in [0.15, 0.2) is 0 Å². The van der Waals surface area contributed by atoms with E-state index in [9.17, 15) is 5.11 Å². The Balaban J connectivity index is 2.42. The normalized spacial score (nSPS) is 41.4. The van der Waals surface area contributed by atoms with Crippen LogP contribution in [0.4, 0.5) is 0 Å². The van der Waals surface area contributed by atoms with Gasteiger partial charge in [0.05, 0.1) is 5.60 Å². The van der Waals surface area contributed by atoms with Crippen LogP contribution in [0.5, 0.6) is 0 Å². The van der Waals surface area contributed by atoms with Crippen molar-refractivity contribution in [2.45, 2.75) is 32.3 Å². The Kier molecular flexibility index (Phi) is 2.26. The SMILES string of the molecule is CCC1CC1(O)C(C)CCl. The Morgan fingerprint density at radius 3 is 2.70 bits per heavy atom. The summed E-state index contributed by atoms with van der Waals surface area (Å²) in [7, 11) is 0. The van der Waals surface area contributed by atoms with E-state index < -0.39 is 5.60 Å². The van der Waals surface area contributed by atoms with Gasteiger partial charge in [-0.25, -0.2) is 0 Å². The van der Waals surface area contributed by atoms with E-state index in [1.54, 1.807) is 0 Å². The third-order valence-electron chi connectivity index (χ3n) is 2.70. The fourth-order valence-electron chi connectivity index (χ4n) is 1.57. The minimum Gasteiger partial charge on any atom is -0.389 e. The zero-order valence-corrected chi connectivity index (χ0v) is 7.36. The van der Waals surface area contributed by atoms with Gasteiger partial charge in [0.2, 0.25) is 0 Å². The van der Waals surface area contributed by atoms with Crippen molar-refractivity contribution in [1.82, 2.24) is 0 Å². The van der Waals surface area contributed by atoms with Crippen LogP contribution in [0.3, 0.4) is 0 Å². The van der Waals surface area contributed by atoms with Crippen molar-refractivity contribution in [1.29, 1.82) is 0 Å². The van der Waals surface area contributed by atoms with E-state index in [-0.39, 0.29) is 5.92 Å². The minimum absolute atomic E-state index is 0.263. The zero-order chi connectivity index (χ0) is 7.78. The summed E-state index contributed by atoms with van der Waals surface area (Å²) in [6.45, 7) is 4.13. The van der Waals surface area contributed by atoms with Crippen LogP contribution < -0.4 is 0 Å². The van der Waals surface area contributed by atoms with Gasteiger partial charge in [0.15, 0.2) is 0 Å². The van der Waals surface area contributed by atoms with Crippen molar-refractivity contribution < 1.29 is 5.11 Å². The van der Waals surface area contributed by atoms with Gasteiger partial charge in [0, 0.05) is 5.88 Å². The van der Waals surface area contributed by atoms with E-state index in [0.29, 0.717) is 11.8 Å². The molecular formula is C8H15ClO. The molecule has 1 saturated carbocycles. The van der Waals surface area contributed by atoms with Crippen molar-refractivity contribution in [3.63, 3.8) is 0 Å². The number of hydrogen-bond donors (Lipinski definition) is 1. The fourth-order valence-corrected chi connectivity index (χ4v) is 1.84. The minimum atomic E-state index is -0.406. The van der Waals surface area contributed by atoms with E-state index in [1.165, 1.54) is 0 Å². The first-order valence-electron chi connectivity index (χ1n) is 3.93. The summed E-state index contributed by atoms with van der Waals surface area (Å²) in [6, 6.07) is 0. The summed E-state index contributed by atoms with van der Waals surface area (Å²) >= 11 is 5.64. The molecule has 1 aliphatic carbocycles. The second kappa shape index (κ2) is 2.71. The number of rotatable bonds is 3. The number of halogens is 1. The second-order valence-electron chi connectivity index (χ2n) is 3.36. The number of alkyl halides is 1. The summed E-state index contributed by atoms with van der Waals surface area (Å²) in [5, 5.41) is 9.77. The van der Waals surface area contributed by atoms with Crippen LogP contribution in [0.25, 0.3) is 0 Å². The first-order chi connectivity index (χ1) is 4.65. The maximum absolute atomic E-state index is 9.77. The maximum Gasteiger partial charge on any atom is 0.0717 e. The molecule has 1 aliphatic rings. The Hall–Kier alpha value is 0.250. The Bertz CT molecular complexity index is 126. The van der Waals surface area contributed by atoms with Gasteiger partial charge >= 0.3 is 0 Å². The molecule has 1 rings (SSSR count). The van der Waals surface area contributed by atoms with Gasteiger partial charge < -0.3 is 5.11 Å². The zero-order valence-electron chi connectivity index (χ0n) is 6.60. The van der Waals surface area contributed by atoms with Crippen molar-refractivity contribution in [2.75, 3.05) is 5.88 Å². The molecule has 0 aromatic rings. The van der Waals surface area contributed by atoms with Crippen LogP contribution in [-0.4, -0.2) is 16.6 Å². The smallest absolute Gasteiger partial charge is 0.0717 e. The number of hydrogen-bond acceptors (Lipinski definition) is 1. The molecule has 10 heavy (non-hydrogen) atoms. The summed E-state index contributed by atoms with van der Waals surface area (Å²) in [4.78, 5) is 0. The highest BCUT2D eigenvalue weighted by Gasteiger charge is 2.54. The van der Waals surface area contributed by atoms with Gasteiger partial charge in [0.25, 0.3) is 0 Å². The van der Waals surface area contributed by atoms with E-state index >= 15 is 0 Å². The van der Waals surface area contributed by atoms with Crippen LogP contribution in [0, 0.1) is 11.8 Å². The van der Waals surface area contributed by atoms with Gasteiger partial charge in [-0.1, -0.05) is 20.3 Å². The molecule has 2 heteroatoms. The molecule has 0 radical (unpaired) electrons. The average molecular weight is 163 g/mol. The Morgan fingerprint density at radius 1 is 1.80 bits per heavy atom. The Morgan fingerprint density at radius 2 is 2.40 bits per heavy atom. The lowest BCUT2D eigenvalue weighted by atomic mass is 10.0. The molecule has 0 amide bonds. The Labute approximate surface area is 67.4 Å². The lowest BCUT2D eigenvalue weighted by Crippen LogP contribution is -2.23. The van der Waals surface area contributed by atoms with Crippen molar-refractivity contribution >= 4 is 11.6 Å². The summed E-state index contributed by atoms with van der Waals surface area (Å²) < 4.78 is 0. The quantitative estimate of drug-likeness (QED) is 0.630. The molecule has 3 atom stereocenters. The molecule has 0 aromatic carbocycles.